The average Bonchev–Trinajstić information content (AvgIpc) is 2.78. The van der Waals surface area contributed by atoms with Crippen molar-refractivity contribution in [3.05, 3.63) is 35.6 Å². The molecule has 2 aromatic rings. The first kappa shape index (κ1) is 11.7. The zero-order valence-electron chi connectivity index (χ0n) is 9.36. The highest BCUT2D eigenvalue weighted by Crippen LogP contribution is 2.26. The summed E-state index contributed by atoms with van der Waals surface area (Å²) in [4.78, 5) is 10.9. The molecule has 0 saturated heterocycles. The van der Waals surface area contributed by atoms with Crippen LogP contribution >= 0.6 is 11.6 Å². The Morgan fingerprint density at radius 3 is 2.71 bits per heavy atom. The number of rotatable bonds is 3. The van der Waals surface area contributed by atoms with Crippen molar-refractivity contribution in [2.75, 3.05) is 7.11 Å². The minimum atomic E-state index is -0.657. The van der Waals surface area contributed by atoms with E-state index in [4.69, 9.17) is 20.9 Å². The highest BCUT2D eigenvalue weighted by Gasteiger charge is 2.13. The van der Waals surface area contributed by atoms with Gasteiger partial charge in [-0.05, 0) is 42.3 Å². The maximum atomic E-state index is 10.9. The van der Waals surface area contributed by atoms with Crippen molar-refractivity contribution < 1.29 is 14.1 Å². The Kier molecular flexibility index (Phi) is 3.15. The van der Waals surface area contributed by atoms with Gasteiger partial charge in [0.1, 0.15) is 11.4 Å². The molecule has 0 amide bonds. The minimum absolute atomic E-state index is 0.0388. The van der Waals surface area contributed by atoms with E-state index in [9.17, 15) is 4.79 Å². The molecule has 4 nitrogen and oxygen atoms in total. The Balaban J connectivity index is 2.42. The maximum absolute atomic E-state index is 10.9. The summed E-state index contributed by atoms with van der Waals surface area (Å²) in [6, 6.07) is 7.07. The summed E-state index contributed by atoms with van der Waals surface area (Å²) in [5.74, 6) is 0.806. The van der Waals surface area contributed by atoms with Crippen LogP contribution in [0.15, 0.2) is 28.8 Å². The Hall–Kier alpha value is -1.81. The molecule has 0 bridgehead atoms. The van der Waals surface area contributed by atoms with Crippen LogP contribution in [-0.2, 0) is 0 Å². The molecule has 1 heterocycles. The van der Waals surface area contributed by atoms with Gasteiger partial charge < -0.3 is 9.26 Å². The zero-order valence-corrected chi connectivity index (χ0v) is 10.1. The number of hydrogen-bond donors (Lipinski definition) is 0. The lowest BCUT2D eigenvalue weighted by molar-refractivity contribution is 0.104. The molecule has 5 heteroatoms. The molecule has 0 radical (unpaired) electrons. The molecule has 1 aromatic carbocycles. The fourth-order valence-corrected chi connectivity index (χ4v) is 1.63. The molecule has 0 fully saturated rings. The average molecular weight is 252 g/mol. The number of aromatic nitrogens is 1. The number of hydrogen-bond acceptors (Lipinski definition) is 4. The van der Waals surface area contributed by atoms with E-state index in [2.05, 4.69) is 5.16 Å². The summed E-state index contributed by atoms with van der Waals surface area (Å²) in [6.07, 6.45) is 0. The number of methoxy groups -OCH3 is 1. The Labute approximate surface area is 103 Å². The van der Waals surface area contributed by atoms with Crippen molar-refractivity contribution in [3.8, 4) is 17.0 Å². The largest absolute Gasteiger partial charge is 0.497 e. The maximum Gasteiger partial charge on any atom is 0.290 e. The second-order valence-corrected chi connectivity index (χ2v) is 3.87. The van der Waals surface area contributed by atoms with Crippen LogP contribution in [0.1, 0.15) is 16.1 Å². The predicted octanol–water partition coefficient (Wildman–Crippen LogP) is 3.04. The van der Waals surface area contributed by atoms with Gasteiger partial charge in [0.2, 0.25) is 5.76 Å². The third-order valence-electron chi connectivity index (χ3n) is 2.41. The first-order valence-corrected chi connectivity index (χ1v) is 5.31. The van der Waals surface area contributed by atoms with Crippen LogP contribution < -0.4 is 4.74 Å². The van der Waals surface area contributed by atoms with E-state index in [-0.39, 0.29) is 5.76 Å². The van der Waals surface area contributed by atoms with Crippen LogP contribution in [0.3, 0.4) is 0 Å². The summed E-state index contributed by atoms with van der Waals surface area (Å²) in [6.45, 7) is 1.93. The van der Waals surface area contributed by atoms with E-state index >= 15 is 0 Å². The van der Waals surface area contributed by atoms with E-state index in [1.807, 2.05) is 25.1 Å². The molecule has 0 aliphatic carbocycles. The molecule has 0 atom stereocenters. The Bertz CT molecular complexity index is 563. The fourth-order valence-electron chi connectivity index (χ4n) is 1.55. The minimum Gasteiger partial charge on any atom is -0.497 e. The van der Waals surface area contributed by atoms with Crippen LogP contribution in [0, 0.1) is 6.92 Å². The van der Waals surface area contributed by atoms with Crippen molar-refractivity contribution in [1.82, 2.24) is 5.16 Å². The van der Waals surface area contributed by atoms with Crippen LogP contribution in [0.5, 0.6) is 5.75 Å². The number of benzene rings is 1. The molecule has 17 heavy (non-hydrogen) atoms. The lowest BCUT2D eigenvalue weighted by atomic mass is 10.1. The molecular formula is C12H10ClNO3. The standard InChI is InChI=1S/C12H10ClNO3/c1-7-5-8(16-2)3-4-9(7)10-6-11(12(13)15)17-14-10/h3-6H,1-2H3. The molecular weight excluding hydrogens is 242 g/mol. The van der Waals surface area contributed by atoms with Gasteiger partial charge in [-0.1, -0.05) is 5.16 Å². The van der Waals surface area contributed by atoms with E-state index in [1.165, 1.54) is 6.07 Å². The lowest BCUT2D eigenvalue weighted by Crippen LogP contribution is -1.87. The molecule has 0 unspecified atom stereocenters. The van der Waals surface area contributed by atoms with Gasteiger partial charge >= 0.3 is 0 Å². The number of carbonyl (C=O) groups is 1. The lowest BCUT2D eigenvalue weighted by Gasteiger charge is -2.04. The molecule has 0 spiro atoms. The van der Waals surface area contributed by atoms with Gasteiger partial charge in [0.25, 0.3) is 5.24 Å². The highest BCUT2D eigenvalue weighted by atomic mass is 35.5. The van der Waals surface area contributed by atoms with Crippen molar-refractivity contribution in [1.29, 1.82) is 0 Å². The van der Waals surface area contributed by atoms with Crippen LogP contribution in [0.25, 0.3) is 11.3 Å². The first-order valence-electron chi connectivity index (χ1n) is 4.93. The van der Waals surface area contributed by atoms with Crippen molar-refractivity contribution in [2.24, 2.45) is 0 Å². The van der Waals surface area contributed by atoms with Gasteiger partial charge in [-0.3, -0.25) is 4.79 Å². The normalized spacial score (nSPS) is 10.3. The molecule has 0 aliphatic heterocycles. The van der Waals surface area contributed by atoms with Crippen molar-refractivity contribution in [2.45, 2.75) is 6.92 Å². The van der Waals surface area contributed by atoms with E-state index < -0.39 is 5.24 Å². The number of ether oxygens (including phenoxy) is 1. The van der Waals surface area contributed by atoms with Crippen molar-refractivity contribution >= 4 is 16.8 Å². The number of halogens is 1. The monoisotopic (exact) mass is 251 g/mol. The zero-order chi connectivity index (χ0) is 12.4. The van der Waals surface area contributed by atoms with E-state index in [0.29, 0.717) is 5.69 Å². The van der Waals surface area contributed by atoms with Crippen LogP contribution in [0.2, 0.25) is 0 Å². The topological polar surface area (TPSA) is 52.3 Å². The fraction of sp³-hybridized carbons (Fsp3) is 0.167. The smallest absolute Gasteiger partial charge is 0.290 e. The predicted molar refractivity (Wildman–Crippen MR) is 63.4 cm³/mol. The van der Waals surface area contributed by atoms with E-state index in [1.54, 1.807) is 7.11 Å². The molecule has 0 N–H and O–H groups in total. The molecule has 1 aromatic heterocycles. The summed E-state index contributed by atoms with van der Waals surface area (Å²) in [5, 5.41) is 3.15. The molecule has 88 valence electrons. The third-order valence-corrected chi connectivity index (χ3v) is 2.60. The summed E-state index contributed by atoms with van der Waals surface area (Å²) in [7, 11) is 1.61. The van der Waals surface area contributed by atoms with Crippen LogP contribution in [0.4, 0.5) is 0 Å². The van der Waals surface area contributed by atoms with Gasteiger partial charge in [0.15, 0.2) is 0 Å². The van der Waals surface area contributed by atoms with E-state index in [0.717, 1.165) is 16.9 Å². The SMILES string of the molecule is COc1ccc(-c2cc(C(=O)Cl)on2)c(C)c1. The molecule has 2 rings (SSSR count). The second-order valence-electron chi connectivity index (χ2n) is 3.53. The first-order chi connectivity index (χ1) is 8.11. The number of nitrogens with zero attached hydrogens (tertiary/aromatic N) is 1. The Morgan fingerprint density at radius 2 is 2.18 bits per heavy atom. The van der Waals surface area contributed by atoms with Gasteiger partial charge in [-0.2, -0.15) is 0 Å². The highest BCUT2D eigenvalue weighted by molar-refractivity contribution is 6.67. The van der Waals surface area contributed by atoms with Gasteiger partial charge in [-0.25, -0.2) is 0 Å². The van der Waals surface area contributed by atoms with Gasteiger partial charge in [-0.15, -0.1) is 0 Å². The molecule has 0 saturated carbocycles. The third kappa shape index (κ3) is 2.31. The summed E-state index contributed by atoms with van der Waals surface area (Å²) in [5.41, 5.74) is 2.43. The van der Waals surface area contributed by atoms with Gasteiger partial charge in [0.05, 0.1) is 7.11 Å². The van der Waals surface area contributed by atoms with Gasteiger partial charge in [0, 0.05) is 11.6 Å². The van der Waals surface area contributed by atoms with Crippen molar-refractivity contribution in [3.63, 3.8) is 0 Å². The summed E-state index contributed by atoms with van der Waals surface area (Å²) < 4.78 is 9.94. The van der Waals surface area contributed by atoms with Crippen LogP contribution in [-0.4, -0.2) is 17.5 Å². The quantitative estimate of drug-likeness (QED) is 0.787. The Morgan fingerprint density at radius 1 is 1.41 bits per heavy atom. The number of carbonyl (C=O) groups excluding carboxylic acids is 1. The number of aryl methyl sites for hydroxylation is 1. The molecule has 0 aliphatic rings. The second kappa shape index (κ2) is 4.59. The summed E-state index contributed by atoms with van der Waals surface area (Å²) >= 11 is 5.30.